The van der Waals surface area contributed by atoms with E-state index in [2.05, 4.69) is 9.73 Å². The Kier molecular flexibility index (Phi) is 6.22. The maximum atomic E-state index is 12.8. The molecular weight excluding hydrogens is 436 g/mol. The number of hydrogen-bond donors (Lipinski definition) is 0. The lowest BCUT2D eigenvalue weighted by Crippen LogP contribution is -2.19. The van der Waals surface area contributed by atoms with Crippen molar-refractivity contribution >= 4 is 39.4 Å². The van der Waals surface area contributed by atoms with Gasteiger partial charge in [-0.05, 0) is 24.3 Å². The molecule has 32 heavy (non-hydrogen) atoms. The van der Waals surface area contributed by atoms with Crippen molar-refractivity contribution in [1.29, 1.82) is 0 Å². The van der Waals surface area contributed by atoms with Gasteiger partial charge in [-0.15, -0.1) is 0 Å². The molecule has 2 heterocycles. The molecule has 0 fully saturated rings. The van der Waals surface area contributed by atoms with Crippen molar-refractivity contribution in [3.8, 4) is 11.5 Å². The monoisotopic (exact) mass is 456 g/mol. The molecule has 10 heteroatoms. The second kappa shape index (κ2) is 9.23. The lowest BCUT2D eigenvalue weighted by molar-refractivity contribution is -0.140. The summed E-state index contributed by atoms with van der Waals surface area (Å²) in [6, 6.07) is 9.72. The summed E-state index contributed by atoms with van der Waals surface area (Å²) in [6.07, 6.45) is 0.117. The number of amides is 1. The zero-order chi connectivity index (χ0) is 22.7. The highest BCUT2D eigenvalue weighted by Crippen LogP contribution is 2.35. The first kappa shape index (κ1) is 21.6. The number of carbonyl (C=O) groups is 3. The van der Waals surface area contributed by atoms with E-state index < -0.39 is 11.9 Å². The van der Waals surface area contributed by atoms with Crippen LogP contribution in [0.5, 0.6) is 11.5 Å². The van der Waals surface area contributed by atoms with Crippen LogP contribution in [0.15, 0.2) is 41.4 Å². The minimum atomic E-state index is -0.487. The molecule has 4 rings (SSSR count). The molecule has 166 valence electrons. The number of hydrogen-bond acceptors (Lipinski definition) is 8. The van der Waals surface area contributed by atoms with Gasteiger partial charge in [-0.3, -0.25) is 9.59 Å². The number of benzene rings is 2. The number of fused-ring (bicyclic) bond motifs is 2. The maximum Gasteiger partial charge on any atom is 0.337 e. The van der Waals surface area contributed by atoms with Gasteiger partial charge in [0, 0.05) is 24.2 Å². The van der Waals surface area contributed by atoms with Gasteiger partial charge in [-0.2, -0.15) is 4.99 Å². The van der Waals surface area contributed by atoms with Crippen LogP contribution < -0.4 is 14.3 Å². The zero-order valence-corrected chi connectivity index (χ0v) is 18.3. The smallest absolute Gasteiger partial charge is 0.337 e. The molecule has 1 aromatic heterocycles. The molecule has 0 saturated heterocycles. The van der Waals surface area contributed by atoms with Crippen molar-refractivity contribution < 1.29 is 33.3 Å². The first-order chi connectivity index (χ1) is 15.5. The molecule has 0 saturated carbocycles. The molecule has 1 aliphatic heterocycles. The molecule has 0 unspecified atom stereocenters. The van der Waals surface area contributed by atoms with Gasteiger partial charge in [0.15, 0.2) is 16.3 Å². The summed E-state index contributed by atoms with van der Waals surface area (Å²) in [4.78, 5) is 40.9. The molecule has 0 aliphatic carbocycles. The van der Waals surface area contributed by atoms with Gasteiger partial charge in [-0.1, -0.05) is 11.3 Å². The number of thiazole rings is 1. The van der Waals surface area contributed by atoms with Crippen molar-refractivity contribution in [2.24, 2.45) is 4.99 Å². The van der Waals surface area contributed by atoms with Crippen LogP contribution in [-0.4, -0.2) is 49.8 Å². The summed E-state index contributed by atoms with van der Waals surface area (Å²) < 4.78 is 23.4. The number of esters is 2. The number of nitrogens with zero attached hydrogens (tertiary/aromatic N) is 2. The molecule has 2 aromatic carbocycles. The largest absolute Gasteiger partial charge is 0.486 e. The van der Waals surface area contributed by atoms with Crippen LogP contribution in [0.25, 0.3) is 10.2 Å². The molecule has 0 radical (unpaired) electrons. The minimum Gasteiger partial charge on any atom is -0.486 e. The van der Waals surface area contributed by atoms with Crippen LogP contribution >= 0.6 is 11.3 Å². The van der Waals surface area contributed by atoms with E-state index in [0.29, 0.717) is 40.6 Å². The van der Waals surface area contributed by atoms with Gasteiger partial charge in [0.1, 0.15) is 13.2 Å². The number of carbonyl (C=O) groups excluding carboxylic acids is 3. The normalized spacial score (nSPS) is 13.1. The van der Waals surface area contributed by atoms with E-state index in [1.807, 2.05) is 12.1 Å². The second-order valence-corrected chi connectivity index (χ2v) is 7.82. The fourth-order valence-corrected chi connectivity index (χ4v) is 4.30. The quantitative estimate of drug-likeness (QED) is 0.543. The Bertz CT molecular complexity index is 1260. The Hall–Kier alpha value is -3.66. The predicted octanol–water partition coefficient (Wildman–Crippen LogP) is 2.56. The van der Waals surface area contributed by atoms with Crippen molar-refractivity contribution in [2.45, 2.75) is 13.0 Å². The number of aromatic nitrogens is 1. The van der Waals surface area contributed by atoms with E-state index >= 15 is 0 Å². The zero-order valence-electron chi connectivity index (χ0n) is 17.5. The number of aryl methyl sites for hydroxylation is 1. The molecule has 0 spiro atoms. The molecule has 1 aliphatic rings. The van der Waals surface area contributed by atoms with Gasteiger partial charge < -0.3 is 23.5 Å². The van der Waals surface area contributed by atoms with Crippen LogP contribution in [0, 0.1) is 0 Å². The van der Waals surface area contributed by atoms with Crippen molar-refractivity contribution in [3.05, 3.63) is 52.3 Å². The van der Waals surface area contributed by atoms with Crippen molar-refractivity contribution in [3.63, 3.8) is 0 Å². The summed E-state index contributed by atoms with van der Waals surface area (Å²) in [6.45, 7) is 1.19. The lowest BCUT2D eigenvalue weighted by Gasteiger charge is -2.18. The van der Waals surface area contributed by atoms with Crippen LogP contribution in [0.1, 0.15) is 27.1 Å². The minimum absolute atomic E-state index is 0.117. The van der Waals surface area contributed by atoms with Gasteiger partial charge in [0.05, 0.1) is 36.4 Å². The maximum absolute atomic E-state index is 12.8. The highest BCUT2D eigenvalue weighted by molar-refractivity contribution is 7.16. The Balaban J connectivity index is 1.75. The molecular formula is C22H20N2O7S. The highest BCUT2D eigenvalue weighted by atomic mass is 32.1. The summed E-state index contributed by atoms with van der Waals surface area (Å²) in [5.41, 5.74) is 1.43. The third-order valence-electron chi connectivity index (χ3n) is 4.86. The number of ether oxygens (including phenoxy) is 4. The summed E-state index contributed by atoms with van der Waals surface area (Å²) in [5, 5.41) is 0. The average Bonchev–Trinajstić information content (AvgIpc) is 3.15. The Morgan fingerprint density at radius 2 is 1.66 bits per heavy atom. The second-order valence-electron chi connectivity index (χ2n) is 6.81. The third-order valence-corrected chi connectivity index (χ3v) is 5.91. The van der Waals surface area contributed by atoms with E-state index in [1.54, 1.807) is 4.57 Å². The standard InChI is InChI=1S/C22H20N2O7S/c1-28-19(25)7-8-24-15-11-16-17(31-10-9-30-16)12-18(15)32-22(24)23-20(26)13-3-5-14(6-4-13)21(27)29-2/h3-6,11-12H,7-10H2,1-2H3. The molecule has 0 N–H and O–H groups in total. The van der Waals surface area contributed by atoms with E-state index in [4.69, 9.17) is 14.2 Å². The molecule has 9 nitrogen and oxygen atoms in total. The number of rotatable bonds is 5. The van der Waals surface area contributed by atoms with E-state index in [0.717, 1.165) is 10.2 Å². The van der Waals surface area contributed by atoms with E-state index in [-0.39, 0.29) is 18.9 Å². The fraction of sp³-hybridized carbons (Fsp3) is 0.273. The molecule has 1 amide bonds. The Morgan fingerprint density at radius 3 is 2.31 bits per heavy atom. The topological polar surface area (TPSA) is 105 Å². The van der Waals surface area contributed by atoms with Crippen molar-refractivity contribution in [2.75, 3.05) is 27.4 Å². The van der Waals surface area contributed by atoms with E-state index in [1.165, 1.54) is 49.8 Å². The fourth-order valence-electron chi connectivity index (χ4n) is 3.23. The molecule has 0 atom stereocenters. The van der Waals surface area contributed by atoms with E-state index in [9.17, 15) is 14.4 Å². The van der Waals surface area contributed by atoms with Gasteiger partial charge in [0.25, 0.3) is 5.91 Å². The molecule has 0 bridgehead atoms. The van der Waals surface area contributed by atoms with Gasteiger partial charge in [-0.25, -0.2) is 4.79 Å². The third kappa shape index (κ3) is 4.35. The van der Waals surface area contributed by atoms with Crippen LogP contribution in [0.2, 0.25) is 0 Å². The lowest BCUT2D eigenvalue weighted by atomic mass is 10.1. The van der Waals surface area contributed by atoms with Crippen LogP contribution in [-0.2, 0) is 20.8 Å². The first-order valence-electron chi connectivity index (χ1n) is 9.77. The Morgan fingerprint density at radius 1 is 1.00 bits per heavy atom. The first-order valence-corrected chi connectivity index (χ1v) is 10.6. The van der Waals surface area contributed by atoms with Crippen LogP contribution in [0.3, 0.4) is 0 Å². The van der Waals surface area contributed by atoms with Gasteiger partial charge >= 0.3 is 11.9 Å². The highest BCUT2D eigenvalue weighted by Gasteiger charge is 2.18. The SMILES string of the molecule is COC(=O)CCn1c(=NC(=O)c2ccc(C(=O)OC)cc2)sc2cc3c(cc21)OCCO3. The number of methoxy groups -OCH3 is 2. The summed E-state index contributed by atoms with van der Waals surface area (Å²) >= 11 is 1.30. The Labute approximate surface area is 186 Å². The summed E-state index contributed by atoms with van der Waals surface area (Å²) in [7, 11) is 2.62. The molecule has 3 aromatic rings. The van der Waals surface area contributed by atoms with Gasteiger partial charge in [0.2, 0.25) is 0 Å². The average molecular weight is 456 g/mol. The predicted molar refractivity (Wildman–Crippen MR) is 115 cm³/mol. The van der Waals surface area contributed by atoms with Crippen LogP contribution in [0.4, 0.5) is 0 Å². The summed E-state index contributed by atoms with van der Waals surface area (Å²) in [5.74, 6) is -0.104. The van der Waals surface area contributed by atoms with Crippen molar-refractivity contribution in [1.82, 2.24) is 4.57 Å².